The van der Waals surface area contributed by atoms with Crippen LogP contribution in [0.15, 0.2) is 0 Å². The molecule has 4 nitrogen and oxygen atoms in total. The smallest absolute Gasteiger partial charge is 0.358 e. The van der Waals surface area contributed by atoms with E-state index in [-0.39, 0.29) is 5.97 Å². The molecule has 1 aliphatic rings. The number of anilines is 1. The van der Waals surface area contributed by atoms with E-state index in [0.29, 0.717) is 12.3 Å². The number of thiazole rings is 1. The van der Waals surface area contributed by atoms with Gasteiger partial charge >= 0.3 is 5.97 Å². The van der Waals surface area contributed by atoms with Crippen molar-refractivity contribution in [3.8, 4) is 0 Å². The first-order valence-corrected chi connectivity index (χ1v) is 8.80. The van der Waals surface area contributed by atoms with Gasteiger partial charge in [-0.15, -0.1) is 11.3 Å². The molecule has 0 amide bonds. The molecule has 1 fully saturated rings. The Morgan fingerprint density at radius 3 is 3.00 bits per heavy atom. The molecular formula is C16H26N2O2S. The van der Waals surface area contributed by atoms with Crippen LogP contribution < -0.4 is 5.32 Å². The largest absolute Gasteiger partial charge is 0.461 e. The lowest BCUT2D eigenvalue weighted by molar-refractivity contribution is 0.0519. The van der Waals surface area contributed by atoms with Gasteiger partial charge in [-0.2, -0.15) is 0 Å². The molecule has 1 aliphatic carbocycles. The second-order valence-electron chi connectivity index (χ2n) is 6.00. The maximum absolute atomic E-state index is 11.7. The third-order valence-electron chi connectivity index (χ3n) is 4.14. The number of aryl methyl sites for hydroxylation is 1. The molecule has 0 radical (unpaired) electrons. The number of hydrogen-bond acceptors (Lipinski definition) is 5. The van der Waals surface area contributed by atoms with E-state index in [2.05, 4.69) is 17.2 Å². The fourth-order valence-electron chi connectivity index (χ4n) is 3.07. The summed E-state index contributed by atoms with van der Waals surface area (Å²) in [5, 5.41) is 4.20. The van der Waals surface area contributed by atoms with Crippen molar-refractivity contribution in [1.82, 2.24) is 4.98 Å². The van der Waals surface area contributed by atoms with Crippen molar-refractivity contribution in [2.45, 2.75) is 52.9 Å². The van der Waals surface area contributed by atoms with Gasteiger partial charge in [-0.05, 0) is 38.5 Å². The number of hydrogen-bond donors (Lipinski definition) is 1. The van der Waals surface area contributed by atoms with E-state index >= 15 is 0 Å². The van der Waals surface area contributed by atoms with E-state index < -0.39 is 0 Å². The summed E-state index contributed by atoms with van der Waals surface area (Å²) in [6, 6.07) is 0. The third kappa shape index (κ3) is 4.70. The van der Waals surface area contributed by atoms with Crippen molar-refractivity contribution >= 4 is 22.4 Å². The predicted molar refractivity (Wildman–Crippen MR) is 87.0 cm³/mol. The summed E-state index contributed by atoms with van der Waals surface area (Å²) < 4.78 is 5.01. The highest BCUT2D eigenvalue weighted by molar-refractivity contribution is 7.15. The molecule has 1 saturated carbocycles. The van der Waals surface area contributed by atoms with Gasteiger partial charge in [-0.3, -0.25) is 0 Å². The minimum absolute atomic E-state index is 0.319. The minimum Gasteiger partial charge on any atom is -0.461 e. The molecule has 2 unspecified atom stereocenters. The molecule has 1 aromatic heterocycles. The monoisotopic (exact) mass is 310 g/mol. The van der Waals surface area contributed by atoms with Gasteiger partial charge in [0.25, 0.3) is 0 Å². The second-order valence-corrected chi connectivity index (χ2v) is 7.20. The summed E-state index contributed by atoms with van der Waals surface area (Å²) in [6.07, 6.45) is 6.66. The molecule has 2 rings (SSSR count). The highest BCUT2D eigenvalue weighted by atomic mass is 32.1. The van der Waals surface area contributed by atoms with Gasteiger partial charge < -0.3 is 10.1 Å². The third-order valence-corrected chi connectivity index (χ3v) is 5.07. The van der Waals surface area contributed by atoms with E-state index in [1.54, 1.807) is 0 Å². The number of rotatable bonds is 6. The zero-order chi connectivity index (χ0) is 15.2. The van der Waals surface area contributed by atoms with Crippen molar-refractivity contribution in [2.75, 3.05) is 18.5 Å². The van der Waals surface area contributed by atoms with E-state index in [0.717, 1.165) is 28.4 Å². The van der Waals surface area contributed by atoms with Gasteiger partial charge in [0.05, 0.1) is 6.61 Å². The van der Waals surface area contributed by atoms with Crippen LogP contribution in [-0.4, -0.2) is 24.1 Å². The lowest BCUT2D eigenvalue weighted by atomic mass is 9.81. The number of carbonyl (C=O) groups excluding carboxylic acids is 1. The Balaban J connectivity index is 1.81. The van der Waals surface area contributed by atoms with Crippen LogP contribution in [0.4, 0.5) is 5.13 Å². The summed E-state index contributed by atoms with van der Waals surface area (Å²) in [5.74, 6) is 1.40. The molecule has 1 aromatic rings. The molecule has 5 heteroatoms. The van der Waals surface area contributed by atoms with Crippen LogP contribution >= 0.6 is 11.3 Å². The molecule has 118 valence electrons. The molecule has 1 heterocycles. The normalized spacial score (nSPS) is 22.0. The van der Waals surface area contributed by atoms with Crippen LogP contribution in [0.3, 0.4) is 0 Å². The van der Waals surface area contributed by atoms with Gasteiger partial charge in [-0.1, -0.05) is 26.2 Å². The molecule has 0 bridgehead atoms. The van der Waals surface area contributed by atoms with E-state index in [4.69, 9.17) is 4.74 Å². The quantitative estimate of drug-likeness (QED) is 0.798. The zero-order valence-corrected chi connectivity index (χ0v) is 14.1. The summed E-state index contributed by atoms with van der Waals surface area (Å²) in [4.78, 5) is 17.0. The first-order chi connectivity index (χ1) is 10.1. The van der Waals surface area contributed by atoms with Gasteiger partial charge in [0.15, 0.2) is 10.8 Å². The number of nitrogens with one attached hydrogen (secondary N) is 1. The minimum atomic E-state index is -0.319. The van der Waals surface area contributed by atoms with Crippen molar-refractivity contribution in [3.05, 3.63) is 10.6 Å². The Hall–Kier alpha value is -1.10. The van der Waals surface area contributed by atoms with Crippen molar-refractivity contribution < 1.29 is 9.53 Å². The van der Waals surface area contributed by atoms with Crippen LogP contribution in [0, 0.1) is 18.8 Å². The summed E-state index contributed by atoms with van der Waals surface area (Å²) in [5.41, 5.74) is 0.454. The number of carbonyl (C=O) groups is 1. The van der Waals surface area contributed by atoms with Gasteiger partial charge in [0.2, 0.25) is 0 Å². The highest BCUT2D eigenvalue weighted by Crippen LogP contribution is 2.31. The lowest BCUT2D eigenvalue weighted by Gasteiger charge is -2.26. The Morgan fingerprint density at radius 2 is 2.29 bits per heavy atom. The molecule has 0 aromatic carbocycles. The second kappa shape index (κ2) is 7.78. The maximum Gasteiger partial charge on any atom is 0.358 e. The van der Waals surface area contributed by atoms with Crippen LogP contribution in [0.25, 0.3) is 0 Å². The summed E-state index contributed by atoms with van der Waals surface area (Å²) >= 11 is 1.53. The van der Waals surface area contributed by atoms with Crippen molar-refractivity contribution in [1.29, 1.82) is 0 Å². The fourth-order valence-corrected chi connectivity index (χ4v) is 3.89. The van der Waals surface area contributed by atoms with E-state index in [9.17, 15) is 4.79 Å². The molecular weight excluding hydrogens is 284 g/mol. The van der Waals surface area contributed by atoms with Crippen LogP contribution in [0.5, 0.6) is 0 Å². The standard InChI is InChI=1S/C16H26N2O2S/c1-4-20-15(19)14-12(3)21-16(18-14)17-9-8-13-7-5-6-11(2)10-13/h11,13H,4-10H2,1-3H3,(H,17,18). The van der Waals surface area contributed by atoms with Gasteiger partial charge in [0.1, 0.15) is 0 Å². The molecule has 21 heavy (non-hydrogen) atoms. The van der Waals surface area contributed by atoms with Gasteiger partial charge in [0, 0.05) is 11.4 Å². The average molecular weight is 310 g/mol. The van der Waals surface area contributed by atoms with Crippen LogP contribution in [-0.2, 0) is 4.74 Å². The molecule has 0 spiro atoms. The number of ether oxygens (including phenoxy) is 1. The fraction of sp³-hybridized carbons (Fsp3) is 0.750. The number of esters is 1. The lowest BCUT2D eigenvalue weighted by Crippen LogP contribution is -2.16. The van der Waals surface area contributed by atoms with E-state index in [1.807, 2.05) is 13.8 Å². The summed E-state index contributed by atoms with van der Waals surface area (Å²) in [7, 11) is 0. The zero-order valence-electron chi connectivity index (χ0n) is 13.3. The van der Waals surface area contributed by atoms with Crippen LogP contribution in [0.1, 0.15) is 61.3 Å². The Bertz CT molecular complexity index is 473. The topological polar surface area (TPSA) is 51.2 Å². The Labute approximate surface area is 131 Å². The Kier molecular flexibility index (Phi) is 6.03. The molecule has 2 atom stereocenters. The number of nitrogens with zero attached hydrogens (tertiary/aromatic N) is 1. The first kappa shape index (κ1) is 16.3. The maximum atomic E-state index is 11.7. The average Bonchev–Trinajstić information content (AvgIpc) is 2.80. The summed E-state index contributed by atoms with van der Waals surface area (Å²) in [6.45, 7) is 7.41. The van der Waals surface area contributed by atoms with Gasteiger partial charge in [-0.25, -0.2) is 9.78 Å². The Morgan fingerprint density at radius 1 is 1.48 bits per heavy atom. The van der Waals surface area contributed by atoms with Crippen molar-refractivity contribution in [3.63, 3.8) is 0 Å². The molecule has 1 N–H and O–H groups in total. The van der Waals surface area contributed by atoms with Crippen LogP contribution in [0.2, 0.25) is 0 Å². The molecule has 0 saturated heterocycles. The van der Waals surface area contributed by atoms with E-state index in [1.165, 1.54) is 43.4 Å². The SMILES string of the molecule is CCOC(=O)c1nc(NCCC2CCCC(C)C2)sc1C. The molecule has 0 aliphatic heterocycles. The highest BCUT2D eigenvalue weighted by Gasteiger charge is 2.19. The first-order valence-electron chi connectivity index (χ1n) is 7.98. The van der Waals surface area contributed by atoms with Crippen molar-refractivity contribution in [2.24, 2.45) is 11.8 Å². The number of aromatic nitrogens is 1. The predicted octanol–water partition coefficient (Wildman–Crippen LogP) is 4.26.